The maximum Gasteiger partial charge on any atom is 0.138 e. The van der Waals surface area contributed by atoms with Crippen molar-refractivity contribution in [1.82, 2.24) is 0 Å². The SMILES string of the molecule is C=C(CO)[C@@H]1CC[C@]2(C)C[C@H](O)[C@]3(C)[C@H](CC[C@@H]4[C@@]5(C)CCC(=O)C(C)(C)[C@@H]5CC[C@]43C)[C@@H]12. The van der Waals surface area contributed by atoms with Crippen LogP contribution in [0.2, 0.25) is 0 Å². The van der Waals surface area contributed by atoms with Gasteiger partial charge < -0.3 is 10.2 Å². The normalized spacial score (nSPS) is 55.2. The zero-order chi connectivity index (χ0) is 24.2. The maximum atomic E-state index is 12.9. The summed E-state index contributed by atoms with van der Waals surface area (Å²) in [6.07, 6.45) is 9.18. The molecule has 0 bridgehead atoms. The van der Waals surface area contributed by atoms with Crippen LogP contribution in [-0.4, -0.2) is 28.7 Å². The number of hydrogen-bond donors (Lipinski definition) is 2. The lowest BCUT2D eigenvalue weighted by Gasteiger charge is -2.73. The number of carbonyl (C=O) groups is 1. The molecule has 3 heteroatoms. The molecule has 0 heterocycles. The molecule has 5 saturated carbocycles. The van der Waals surface area contributed by atoms with Crippen LogP contribution in [0.25, 0.3) is 0 Å². The molecule has 33 heavy (non-hydrogen) atoms. The molecule has 5 rings (SSSR count). The van der Waals surface area contributed by atoms with E-state index < -0.39 is 0 Å². The minimum Gasteiger partial charge on any atom is -0.393 e. The van der Waals surface area contributed by atoms with Crippen LogP contribution < -0.4 is 0 Å². The number of carbonyl (C=O) groups excluding carboxylic acids is 1. The number of rotatable bonds is 2. The number of fused-ring (bicyclic) bond motifs is 7. The Bertz CT molecular complexity index is 861. The molecule has 0 amide bonds. The molecule has 0 aromatic rings. The summed E-state index contributed by atoms with van der Waals surface area (Å²) < 4.78 is 0. The molecule has 10 atom stereocenters. The smallest absolute Gasteiger partial charge is 0.138 e. The van der Waals surface area contributed by atoms with Gasteiger partial charge in [0.05, 0.1) is 12.7 Å². The topological polar surface area (TPSA) is 57.5 Å². The predicted molar refractivity (Wildman–Crippen MR) is 132 cm³/mol. The number of ketones is 1. The summed E-state index contributed by atoms with van der Waals surface area (Å²) >= 11 is 0. The lowest BCUT2D eigenvalue weighted by molar-refractivity contribution is -0.266. The predicted octanol–water partition coefficient (Wildman–Crippen LogP) is 6.18. The largest absolute Gasteiger partial charge is 0.393 e. The van der Waals surface area contributed by atoms with Crippen LogP contribution in [-0.2, 0) is 4.79 Å². The Labute approximate surface area is 201 Å². The summed E-state index contributed by atoms with van der Waals surface area (Å²) in [4.78, 5) is 12.9. The highest BCUT2D eigenvalue weighted by Crippen LogP contribution is 2.77. The highest BCUT2D eigenvalue weighted by atomic mass is 16.3. The first kappa shape index (κ1) is 24.0. The minimum absolute atomic E-state index is 0.0755. The molecule has 0 saturated heterocycles. The molecular weight excluding hydrogens is 408 g/mol. The van der Waals surface area contributed by atoms with Crippen LogP contribution in [0.1, 0.15) is 99.3 Å². The standard InChI is InChI=1S/C30H48O3/c1-18(17-31)19-10-13-27(4)16-24(33)30(7)20(25(19)27)8-9-22-28(5)14-12-23(32)26(2,3)21(28)11-15-29(22,30)6/h19-22,24-25,31,33H,1,8-17H2,2-7H3/t19-,20+,21-,22+,24-,25+,27+,28-,29+,30-/m0/s1. The number of aliphatic hydroxyl groups excluding tert-OH is 2. The van der Waals surface area contributed by atoms with Gasteiger partial charge in [0.1, 0.15) is 5.78 Å². The molecule has 3 nitrogen and oxygen atoms in total. The number of Topliss-reactive ketones (excluding diaryl/α,β-unsaturated/α-hetero) is 1. The summed E-state index contributed by atoms with van der Waals surface area (Å²) in [6.45, 7) is 18.7. The molecule has 0 aliphatic heterocycles. The van der Waals surface area contributed by atoms with Crippen LogP contribution in [0.3, 0.4) is 0 Å². The minimum atomic E-state index is -0.281. The molecule has 5 fully saturated rings. The summed E-state index contributed by atoms with van der Waals surface area (Å²) in [5.74, 6) is 2.83. The van der Waals surface area contributed by atoms with Crippen molar-refractivity contribution in [2.24, 2.45) is 56.7 Å². The Morgan fingerprint density at radius 2 is 1.67 bits per heavy atom. The maximum absolute atomic E-state index is 12.9. The van der Waals surface area contributed by atoms with Gasteiger partial charge in [0.2, 0.25) is 0 Å². The van der Waals surface area contributed by atoms with Crippen molar-refractivity contribution in [2.75, 3.05) is 6.61 Å². The third-order valence-electron chi connectivity index (χ3n) is 13.3. The van der Waals surface area contributed by atoms with Crippen LogP contribution in [0.5, 0.6) is 0 Å². The van der Waals surface area contributed by atoms with Crippen molar-refractivity contribution in [3.05, 3.63) is 12.2 Å². The Morgan fingerprint density at radius 3 is 2.33 bits per heavy atom. The molecule has 0 radical (unpaired) electrons. The van der Waals surface area contributed by atoms with Gasteiger partial charge in [-0.15, -0.1) is 0 Å². The molecule has 5 aliphatic carbocycles. The highest BCUT2D eigenvalue weighted by molar-refractivity contribution is 5.85. The Morgan fingerprint density at radius 1 is 0.970 bits per heavy atom. The van der Waals surface area contributed by atoms with E-state index in [4.69, 9.17) is 0 Å². The average Bonchev–Trinajstić information content (AvgIpc) is 3.08. The zero-order valence-corrected chi connectivity index (χ0v) is 22.0. The van der Waals surface area contributed by atoms with Crippen LogP contribution in [0.15, 0.2) is 12.2 Å². The Balaban J connectivity index is 1.58. The van der Waals surface area contributed by atoms with E-state index in [1.165, 1.54) is 12.8 Å². The Kier molecular flexibility index (Phi) is 5.24. The number of hydrogen-bond acceptors (Lipinski definition) is 3. The molecule has 0 aromatic heterocycles. The van der Waals surface area contributed by atoms with Crippen molar-refractivity contribution in [2.45, 2.75) is 105 Å². The van der Waals surface area contributed by atoms with E-state index in [0.29, 0.717) is 41.8 Å². The van der Waals surface area contributed by atoms with E-state index in [1.54, 1.807) is 0 Å². The summed E-state index contributed by atoms with van der Waals surface area (Å²) in [7, 11) is 0. The first-order chi connectivity index (χ1) is 15.3. The van der Waals surface area contributed by atoms with Gasteiger partial charge in [0.15, 0.2) is 0 Å². The van der Waals surface area contributed by atoms with Gasteiger partial charge >= 0.3 is 0 Å². The molecule has 0 unspecified atom stereocenters. The molecule has 186 valence electrons. The second kappa shape index (κ2) is 7.19. The fourth-order valence-corrected chi connectivity index (χ4v) is 11.4. The summed E-state index contributed by atoms with van der Waals surface area (Å²) in [5, 5.41) is 21.9. The van der Waals surface area contributed by atoms with Crippen molar-refractivity contribution >= 4 is 5.78 Å². The van der Waals surface area contributed by atoms with Crippen molar-refractivity contribution in [1.29, 1.82) is 0 Å². The van der Waals surface area contributed by atoms with E-state index in [1.807, 2.05) is 0 Å². The lowest BCUT2D eigenvalue weighted by atomic mass is 9.32. The monoisotopic (exact) mass is 456 g/mol. The van der Waals surface area contributed by atoms with E-state index in [-0.39, 0.29) is 39.8 Å². The molecule has 2 N–H and O–H groups in total. The van der Waals surface area contributed by atoms with E-state index in [0.717, 1.165) is 44.1 Å². The van der Waals surface area contributed by atoms with Gasteiger partial charge in [0.25, 0.3) is 0 Å². The third-order valence-corrected chi connectivity index (χ3v) is 13.3. The van der Waals surface area contributed by atoms with Crippen molar-refractivity contribution in [3.8, 4) is 0 Å². The van der Waals surface area contributed by atoms with Gasteiger partial charge in [-0.2, -0.15) is 0 Å². The van der Waals surface area contributed by atoms with E-state index in [9.17, 15) is 15.0 Å². The van der Waals surface area contributed by atoms with Crippen LogP contribution >= 0.6 is 0 Å². The summed E-state index contributed by atoms with van der Waals surface area (Å²) in [6, 6.07) is 0. The van der Waals surface area contributed by atoms with Crippen molar-refractivity contribution in [3.63, 3.8) is 0 Å². The van der Waals surface area contributed by atoms with Crippen molar-refractivity contribution < 1.29 is 15.0 Å². The molecule has 0 spiro atoms. The van der Waals surface area contributed by atoms with Gasteiger partial charge in [0, 0.05) is 17.3 Å². The second-order valence-corrected chi connectivity index (χ2v) is 14.5. The fraction of sp³-hybridized carbons (Fsp3) is 0.900. The van der Waals surface area contributed by atoms with Gasteiger partial charge in [-0.25, -0.2) is 0 Å². The average molecular weight is 457 g/mol. The van der Waals surface area contributed by atoms with E-state index in [2.05, 4.69) is 48.1 Å². The molecular formula is C30H48O3. The Hall–Kier alpha value is -0.670. The first-order valence-corrected chi connectivity index (χ1v) is 13.8. The van der Waals surface area contributed by atoms with Gasteiger partial charge in [-0.1, -0.05) is 48.1 Å². The van der Waals surface area contributed by atoms with Crippen LogP contribution in [0.4, 0.5) is 0 Å². The zero-order valence-electron chi connectivity index (χ0n) is 22.0. The van der Waals surface area contributed by atoms with Crippen LogP contribution in [0, 0.1) is 56.7 Å². The van der Waals surface area contributed by atoms with E-state index >= 15 is 0 Å². The third kappa shape index (κ3) is 2.79. The second-order valence-electron chi connectivity index (χ2n) is 14.5. The lowest BCUT2D eigenvalue weighted by Crippen LogP contribution is -2.69. The quantitative estimate of drug-likeness (QED) is 0.488. The molecule has 5 aliphatic rings. The van der Waals surface area contributed by atoms with Gasteiger partial charge in [-0.3, -0.25) is 4.79 Å². The summed E-state index contributed by atoms with van der Waals surface area (Å²) in [5.41, 5.74) is 1.05. The number of aliphatic hydroxyl groups is 2. The fourth-order valence-electron chi connectivity index (χ4n) is 11.4. The first-order valence-electron chi connectivity index (χ1n) is 13.8. The highest BCUT2D eigenvalue weighted by Gasteiger charge is 2.72. The van der Waals surface area contributed by atoms with Gasteiger partial charge in [-0.05, 0) is 103 Å². The molecule has 0 aromatic carbocycles.